The van der Waals surface area contributed by atoms with E-state index in [-0.39, 0.29) is 0 Å². The fraction of sp³-hybridized carbons (Fsp3) is 1.00. The fourth-order valence-electron chi connectivity index (χ4n) is 3.98. The normalized spacial score (nSPS) is 49.6. The van der Waals surface area contributed by atoms with Crippen LogP contribution in [0.3, 0.4) is 0 Å². The second kappa shape index (κ2) is 3.44. The first-order valence-corrected chi connectivity index (χ1v) is 6.27. The Labute approximate surface area is 91.9 Å². The third-order valence-electron chi connectivity index (χ3n) is 4.95. The van der Waals surface area contributed by atoms with Crippen molar-refractivity contribution in [3.63, 3.8) is 0 Å². The molecule has 0 aromatic carbocycles. The molecule has 3 heteroatoms. The van der Waals surface area contributed by atoms with Gasteiger partial charge in [-0.2, -0.15) is 0 Å². The lowest BCUT2D eigenvalue weighted by molar-refractivity contribution is -0.0970. The smallest absolute Gasteiger partial charge is 0.0607 e. The summed E-state index contributed by atoms with van der Waals surface area (Å²) in [4.78, 5) is 2.72. The van der Waals surface area contributed by atoms with E-state index >= 15 is 0 Å². The number of hydrogen-bond acceptors (Lipinski definition) is 3. The van der Waals surface area contributed by atoms with Gasteiger partial charge < -0.3 is 10.5 Å². The van der Waals surface area contributed by atoms with E-state index in [0.29, 0.717) is 11.6 Å². The van der Waals surface area contributed by atoms with E-state index in [9.17, 15) is 0 Å². The molecule has 0 radical (unpaired) electrons. The van der Waals surface area contributed by atoms with Gasteiger partial charge in [0, 0.05) is 31.8 Å². The molecule has 1 saturated heterocycles. The number of hydrogen-bond donors (Lipinski definition) is 1. The second-order valence-corrected chi connectivity index (χ2v) is 5.68. The second-order valence-electron chi connectivity index (χ2n) is 5.68. The summed E-state index contributed by atoms with van der Waals surface area (Å²) in [6, 6.07) is 0.844. The molecular weight excluding hydrogens is 188 g/mol. The quantitative estimate of drug-likeness (QED) is 0.754. The molecule has 2 saturated carbocycles. The van der Waals surface area contributed by atoms with Crippen molar-refractivity contribution in [1.29, 1.82) is 0 Å². The van der Waals surface area contributed by atoms with E-state index in [1.54, 1.807) is 0 Å². The van der Waals surface area contributed by atoms with E-state index < -0.39 is 0 Å². The summed E-state index contributed by atoms with van der Waals surface area (Å²) in [5, 5.41) is 0. The molecule has 1 heterocycles. The van der Waals surface area contributed by atoms with Crippen LogP contribution in [-0.2, 0) is 4.74 Å². The summed E-state index contributed by atoms with van der Waals surface area (Å²) in [5.74, 6) is 0.972. The van der Waals surface area contributed by atoms with Crippen molar-refractivity contribution < 1.29 is 4.74 Å². The molecule has 3 nitrogen and oxygen atoms in total. The summed E-state index contributed by atoms with van der Waals surface area (Å²) >= 11 is 0. The van der Waals surface area contributed by atoms with Gasteiger partial charge in [0.2, 0.25) is 0 Å². The van der Waals surface area contributed by atoms with Crippen LogP contribution >= 0.6 is 0 Å². The largest absolute Gasteiger partial charge is 0.381 e. The van der Waals surface area contributed by atoms with Crippen molar-refractivity contribution in [2.75, 3.05) is 20.2 Å². The molecule has 0 aromatic heterocycles. The minimum Gasteiger partial charge on any atom is -0.381 e. The molecule has 2 unspecified atom stereocenters. The number of methoxy groups -OCH3 is 1. The summed E-state index contributed by atoms with van der Waals surface area (Å²) in [5.41, 5.74) is 6.31. The van der Waals surface area contributed by atoms with E-state index in [1.807, 2.05) is 7.11 Å². The van der Waals surface area contributed by atoms with Crippen LogP contribution < -0.4 is 5.73 Å². The van der Waals surface area contributed by atoms with Crippen LogP contribution in [-0.4, -0.2) is 42.8 Å². The Bertz CT molecular complexity index is 250. The molecule has 3 aliphatic rings. The van der Waals surface area contributed by atoms with Gasteiger partial charge >= 0.3 is 0 Å². The highest BCUT2D eigenvalue weighted by molar-refractivity contribution is 5.10. The number of fused-ring (bicyclic) bond motifs is 2. The first-order chi connectivity index (χ1) is 7.27. The predicted molar refractivity (Wildman–Crippen MR) is 59.7 cm³/mol. The number of likely N-dealkylation sites (tertiary alicyclic amines) is 1. The third-order valence-corrected chi connectivity index (χ3v) is 4.95. The summed E-state index contributed by atoms with van der Waals surface area (Å²) < 4.78 is 5.40. The van der Waals surface area contributed by atoms with Crippen LogP contribution in [0.25, 0.3) is 0 Å². The van der Waals surface area contributed by atoms with Crippen LogP contribution in [0.1, 0.15) is 32.1 Å². The number of rotatable bonds is 3. The Morgan fingerprint density at radius 1 is 1.40 bits per heavy atom. The Morgan fingerprint density at radius 2 is 2.20 bits per heavy atom. The molecular formula is C12H22N2O. The molecule has 15 heavy (non-hydrogen) atoms. The molecule has 2 N–H and O–H groups in total. The molecule has 2 aliphatic carbocycles. The first kappa shape index (κ1) is 10.1. The molecule has 1 aliphatic heterocycles. The van der Waals surface area contributed by atoms with Crippen LogP contribution in [0.2, 0.25) is 0 Å². The van der Waals surface area contributed by atoms with Gasteiger partial charge in [0.15, 0.2) is 0 Å². The Hall–Kier alpha value is -0.120. The number of ether oxygens (including phenoxy) is 1. The maximum Gasteiger partial charge on any atom is 0.0607 e. The highest BCUT2D eigenvalue weighted by Crippen LogP contribution is 2.48. The van der Waals surface area contributed by atoms with Gasteiger partial charge in [-0.15, -0.1) is 0 Å². The number of nitrogens with zero attached hydrogens (tertiary/aromatic N) is 1. The molecule has 2 atom stereocenters. The van der Waals surface area contributed by atoms with Crippen LogP contribution in [0.15, 0.2) is 0 Å². The van der Waals surface area contributed by atoms with Crippen molar-refractivity contribution in [2.45, 2.75) is 49.8 Å². The predicted octanol–water partition coefficient (Wildman–Crippen LogP) is 0.977. The van der Waals surface area contributed by atoms with Gasteiger partial charge in [-0.1, -0.05) is 0 Å². The monoisotopic (exact) mass is 210 g/mol. The average Bonchev–Trinajstić information content (AvgIpc) is 2.79. The van der Waals surface area contributed by atoms with Crippen molar-refractivity contribution in [2.24, 2.45) is 11.7 Å². The zero-order valence-corrected chi connectivity index (χ0v) is 9.61. The van der Waals surface area contributed by atoms with E-state index in [0.717, 1.165) is 31.3 Å². The van der Waals surface area contributed by atoms with Crippen LogP contribution in [0.4, 0.5) is 0 Å². The Morgan fingerprint density at radius 3 is 2.67 bits per heavy atom. The lowest BCUT2D eigenvalue weighted by atomic mass is 9.72. The topological polar surface area (TPSA) is 38.5 Å². The lowest BCUT2D eigenvalue weighted by Crippen LogP contribution is -2.65. The zero-order chi connectivity index (χ0) is 10.5. The van der Waals surface area contributed by atoms with Crippen LogP contribution in [0, 0.1) is 5.92 Å². The van der Waals surface area contributed by atoms with Gasteiger partial charge in [-0.3, -0.25) is 4.90 Å². The minimum absolute atomic E-state index is 0.306. The standard InChI is InChI=1S/C12H22N2O/c1-15-11-5-12(6-11,8-13)14-7-9-2-3-10(14)4-9/h9-11H,2-8,13H2,1H3. The SMILES string of the molecule is COC1CC(CN)(N2CC3CCC2C3)C1. The third kappa shape index (κ3) is 1.37. The maximum absolute atomic E-state index is 6.00. The van der Waals surface area contributed by atoms with Gasteiger partial charge in [0.25, 0.3) is 0 Å². The zero-order valence-electron chi connectivity index (χ0n) is 9.61. The van der Waals surface area contributed by atoms with E-state index in [4.69, 9.17) is 10.5 Å². The number of piperidine rings is 1. The Kier molecular flexibility index (Phi) is 2.31. The lowest BCUT2D eigenvalue weighted by Gasteiger charge is -2.54. The van der Waals surface area contributed by atoms with Crippen molar-refractivity contribution in [3.8, 4) is 0 Å². The first-order valence-electron chi connectivity index (χ1n) is 6.27. The van der Waals surface area contributed by atoms with E-state index in [2.05, 4.69) is 4.90 Å². The van der Waals surface area contributed by atoms with Crippen LogP contribution in [0.5, 0.6) is 0 Å². The molecule has 0 aromatic rings. The van der Waals surface area contributed by atoms with Crippen molar-refractivity contribution in [1.82, 2.24) is 4.90 Å². The highest BCUT2D eigenvalue weighted by Gasteiger charge is 2.54. The molecule has 3 fully saturated rings. The summed E-state index contributed by atoms with van der Waals surface area (Å²) in [6.45, 7) is 2.12. The summed E-state index contributed by atoms with van der Waals surface area (Å²) in [7, 11) is 1.82. The average molecular weight is 210 g/mol. The van der Waals surface area contributed by atoms with Gasteiger partial charge in [0.1, 0.15) is 0 Å². The molecule has 0 amide bonds. The van der Waals surface area contributed by atoms with Crippen molar-refractivity contribution >= 4 is 0 Å². The maximum atomic E-state index is 6.00. The fourth-order valence-corrected chi connectivity index (χ4v) is 3.98. The Balaban J connectivity index is 1.70. The molecule has 3 rings (SSSR count). The molecule has 86 valence electrons. The molecule has 2 bridgehead atoms. The highest BCUT2D eigenvalue weighted by atomic mass is 16.5. The number of nitrogens with two attached hydrogens (primary N) is 1. The van der Waals surface area contributed by atoms with Gasteiger partial charge in [-0.25, -0.2) is 0 Å². The minimum atomic E-state index is 0.306. The van der Waals surface area contributed by atoms with Crippen molar-refractivity contribution in [3.05, 3.63) is 0 Å². The van der Waals surface area contributed by atoms with Gasteiger partial charge in [0.05, 0.1) is 6.10 Å². The molecule has 0 spiro atoms. The summed E-state index contributed by atoms with van der Waals surface area (Å²) in [6.07, 6.45) is 7.07. The van der Waals surface area contributed by atoms with E-state index in [1.165, 1.54) is 25.8 Å². The van der Waals surface area contributed by atoms with Gasteiger partial charge in [-0.05, 0) is 38.0 Å².